The third-order valence-corrected chi connectivity index (χ3v) is 8.87. The van der Waals surface area contributed by atoms with E-state index >= 15 is 0 Å². The maximum Gasteiger partial charge on any atom is 0.309 e. The van der Waals surface area contributed by atoms with Gasteiger partial charge in [0.15, 0.2) is 0 Å². The van der Waals surface area contributed by atoms with E-state index in [-0.39, 0.29) is 22.7 Å². The van der Waals surface area contributed by atoms with E-state index in [1.165, 1.54) is 5.57 Å². The summed E-state index contributed by atoms with van der Waals surface area (Å²) in [4.78, 5) is 24.1. The Morgan fingerprint density at radius 3 is 2.42 bits per heavy atom. The van der Waals surface area contributed by atoms with Gasteiger partial charge in [0, 0.05) is 5.92 Å². The van der Waals surface area contributed by atoms with Crippen molar-refractivity contribution in [2.24, 2.45) is 34.5 Å². The molecule has 0 aromatic rings. The van der Waals surface area contributed by atoms with Crippen molar-refractivity contribution in [3.8, 4) is 0 Å². The van der Waals surface area contributed by atoms with Crippen LogP contribution in [0.2, 0.25) is 0 Å². The molecule has 0 amide bonds. The lowest BCUT2D eigenvalue weighted by Gasteiger charge is -2.56. The van der Waals surface area contributed by atoms with E-state index < -0.39 is 18.0 Å². The molecule has 0 aromatic heterocycles. The van der Waals surface area contributed by atoms with Crippen LogP contribution in [0.5, 0.6) is 0 Å². The van der Waals surface area contributed by atoms with Gasteiger partial charge >= 0.3 is 5.97 Å². The van der Waals surface area contributed by atoms with Crippen LogP contribution in [0.25, 0.3) is 0 Å². The number of fused-ring (bicyclic) bond motifs is 4. The number of ketones is 1. The molecule has 7 atom stereocenters. The molecule has 4 heteroatoms. The van der Waals surface area contributed by atoms with E-state index in [2.05, 4.69) is 13.8 Å². The number of carboxylic acid groups (broad SMARTS) is 1. The number of Topliss-reactive ketones (excluding diaryl/α,β-unsaturated/α-hetero) is 1. The van der Waals surface area contributed by atoms with E-state index in [9.17, 15) is 19.8 Å². The molecule has 7 unspecified atom stereocenters. The maximum absolute atomic E-state index is 12.2. The number of hydrogen-bond donors (Lipinski definition) is 2. The fourth-order valence-corrected chi connectivity index (χ4v) is 7.56. The lowest BCUT2D eigenvalue weighted by Crippen LogP contribution is -2.52. The van der Waals surface area contributed by atoms with Crippen molar-refractivity contribution in [3.05, 3.63) is 11.1 Å². The van der Waals surface area contributed by atoms with Gasteiger partial charge in [-0.3, -0.25) is 9.59 Å². The lowest BCUT2D eigenvalue weighted by molar-refractivity contribution is -0.156. The van der Waals surface area contributed by atoms with Crippen molar-refractivity contribution >= 4 is 11.8 Å². The van der Waals surface area contributed by atoms with Crippen molar-refractivity contribution in [3.63, 3.8) is 0 Å². The number of rotatable bonds is 2. The van der Waals surface area contributed by atoms with Crippen LogP contribution >= 0.6 is 0 Å². The molecule has 144 valence electrons. The molecule has 0 saturated heterocycles. The summed E-state index contributed by atoms with van der Waals surface area (Å²) in [6, 6.07) is 0. The molecule has 0 bridgehead atoms. The van der Waals surface area contributed by atoms with E-state index in [1.54, 1.807) is 12.5 Å². The Morgan fingerprint density at radius 1 is 1.04 bits per heavy atom. The smallest absolute Gasteiger partial charge is 0.309 e. The van der Waals surface area contributed by atoms with Crippen molar-refractivity contribution in [1.82, 2.24) is 0 Å². The first-order valence-electron chi connectivity index (χ1n) is 10.3. The van der Waals surface area contributed by atoms with Crippen LogP contribution in [-0.4, -0.2) is 28.1 Å². The molecule has 0 aromatic carbocycles. The number of carboxylic acids is 1. The monoisotopic (exact) mass is 360 g/mol. The fraction of sp³-hybridized carbons (Fsp3) is 0.818. The second kappa shape index (κ2) is 5.92. The quantitative estimate of drug-likeness (QED) is 0.731. The average molecular weight is 360 g/mol. The number of aliphatic hydroxyl groups is 1. The number of aliphatic hydroxyl groups excluding tert-OH is 1. The minimum Gasteiger partial charge on any atom is -0.481 e. The largest absolute Gasteiger partial charge is 0.481 e. The predicted octanol–water partition coefficient (Wildman–Crippen LogP) is 3.97. The van der Waals surface area contributed by atoms with Crippen molar-refractivity contribution in [2.45, 2.75) is 78.2 Å². The zero-order valence-electron chi connectivity index (χ0n) is 16.3. The number of hydrogen-bond acceptors (Lipinski definition) is 3. The van der Waals surface area contributed by atoms with Crippen molar-refractivity contribution < 1.29 is 19.8 Å². The Bertz CT molecular complexity index is 680. The predicted molar refractivity (Wildman–Crippen MR) is 98.5 cm³/mol. The van der Waals surface area contributed by atoms with Crippen LogP contribution in [0.3, 0.4) is 0 Å². The Kier molecular flexibility index (Phi) is 4.15. The van der Waals surface area contributed by atoms with E-state index in [1.807, 2.05) is 0 Å². The van der Waals surface area contributed by atoms with Crippen LogP contribution in [0, 0.1) is 34.5 Å². The van der Waals surface area contributed by atoms with Gasteiger partial charge in [-0.1, -0.05) is 25.0 Å². The minimum atomic E-state index is -0.837. The first kappa shape index (κ1) is 18.2. The number of carbonyl (C=O) groups is 2. The molecule has 0 radical (unpaired) electrons. The number of carbonyl (C=O) groups excluding carboxylic acids is 1. The van der Waals surface area contributed by atoms with E-state index in [0.717, 1.165) is 44.9 Å². The van der Waals surface area contributed by atoms with Crippen molar-refractivity contribution in [2.75, 3.05) is 0 Å². The summed E-state index contributed by atoms with van der Waals surface area (Å²) in [6.45, 7) is 6.33. The molecule has 2 N–H and O–H groups in total. The van der Waals surface area contributed by atoms with Gasteiger partial charge in [0.2, 0.25) is 0 Å². The standard InChI is InChI=1S/C22H32O4/c1-12(23)14-6-7-15-13-4-5-17-19(20(25)26)18(24)9-11-22(17,3)16(13)8-10-21(14,15)2/h14-15,17-19,24H,4-11H2,1-3H3,(H,25,26). The summed E-state index contributed by atoms with van der Waals surface area (Å²) < 4.78 is 0. The Balaban J connectivity index is 1.73. The highest BCUT2D eigenvalue weighted by atomic mass is 16.4. The number of aliphatic carboxylic acids is 1. The third-order valence-electron chi connectivity index (χ3n) is 8.87. The van der Waals surface area contributed by atoms with Crippen LogP contribution in [0.4, 0.5) is 0 Å². The van der Waals surface area contributed by atoms with Gasteiger partial charge < -0.3 is 10.2 Å². The van der Waals surface area contributed by atoms with Gasteiger partial charge in [0.1, 0.15) is 5.78 Å². The Morgan fingerprint density at radius 2 is 1.77 bits per heavy atom. The molecule has 0 heterocycles. The summed E-state index contributed by atoms with van der Waals surface area (Å²) in [6.07, 6.45) is 6.73. The highest BCUT2D eigenvalue weighted by Gasteiger charge is 2.58. The number of allylic oxidation sites excluding steroid dienone is 2. The Labute approximate surface area is 156 Å². The normalized spacial score (nSPS) is 47.8. The zero-order chi connectivity index (χ0) is 18.9. The average Bonchev–Trinajstić information content (AvgIpc) is 2.92. The Hall–Kier alpha value is -1.16. The molecule has 4 aliphatic carbocycles. The summed E-state index contributed by atoms with van der Waals surface area (Å²) in [5.41, 5.74) is 3.06. The van der Waals surface area contributed by atoms with Crippen LogP contribution < -0.4 is 0 Å². The molecule has 0 spiro atoms. The SMILES string of the molecule is CC(=O)C1CCC2C3=C(CCC12C)C1(C)CCC(O)C(C(=O)O)C1CC3. The highest BCUT2D eigenvalue weighted by molar-refractivity contribution is 5.79. The first-order chi connectivity index (χ1) is 12.2. The summed E-state index contributed by atoms with van der Waals surface area (Å²) in [7, 11) is 0. The molecular formula is C22H32O4. The molecule has 4 aliphatic rings. The third kappa shape index (κ3) is 2.30. The van der Waals surface area contributed by atoms with Gasteiger partial charge in [-0.05, 0) is 81.0 Å². The van der Waals surface area contributed by atoms with Crippen LogP contribution in [0.1, 0.15) is 72.1 Å². The molecule has 4 rings (SSSR count). The zero-order valence-corrected chi connectivity index (χ0v) is 16.3. The molecule has 2 saturated carbocycles. The second-order valence-corrected chi connectivity index (χ2v) is 9.84. The van der Waals surface area contributed by atoms with Gasteiger partial charge in [-0.25, -0.2) is 0 Å². The van der Waals surface area contributed by atoms with E-state index in [0.29, 0.717) is 18.1 Å². The topological polar surface area (TPSA) is 74.6 Å². The fourth-order valence-electron chi connectivity index (χ4n) is 7.56. The summed E-state index contributed by atoms with van der Waals surface area (Å²) in [5.74, 6) is -0.414. The molecule has 2 fully saturated rings. The van der Waals surface area contributed by atoms with Gasteiger partial charge in [-0.2, -0.15) is 0 Å². The minimum absolute atomic E-state index is 0.0388. The van der Waals surface area contributed by atoms with Gasteiger partial charge in [0.05, 0.1) is 12.0 Å². The lowest BCUT2D eigenvalue weighted by atomic mass is 9.49. The van der Waals surface area contributed by atoms with Gasteiger partial charge in [0.25, 0.3) is 0 Å². The van der Waals surface area contributed by atoms with Crippen LogP contribution in [0.15, 0.2) is 11.1 Å². The maximum atomic E-state index is 12.2. The first-order valence-corrected chi connectivity index (χ1v) is 10.3. The molecular weight excluding hydrogens is 328 g/mol. The summed E-state index contributed by atoms with van der Waals surface area (Å²) in [5, 5.41) is 20.1. The highest BCUT2D eigenvalue weighted by Crippen LogP contribution is 2.65. The molecule has 26 heavy (non-hydrogen) atoms. The van der Waals surface area contributed by atoms with E-state index in [4.69, 9.17) is 0 Å². The van der Waals surface area contributed by atoms with Crippen LogP contribution in [-0.2, 0) is 9.59 Å². The summed E-state index contributed by atoms with van der Waals surface area (Å²) >= 11 is 0. The molecule has 4 nitrogen and oxygen atoms in total. The van der Waals surface area contributed by atoms with Crippen molar-refractivity contribution in [1.29, 1.82) is 0 Å². The van der Waals surface area contributed by atoms with Gasteiger partial charge in [-0.15, -0.1) is 0 Å². The molecule has 0 aliphatic heterocycles. The second-order valence-electron chi connectivity index (χ2n) is 9.84.